The van der Waals surface area contributed by atoms with Crippen LogP contribution < -0.4 is 18.9 Å². The van der Waals surface area contributed by atoms with Crippen LogP contribution in [0.4, 0.5) is 4.79 Å². The number of ether oxygens (including phenoxy) is 10. The molecule has 0 fully saturated rings. The number of allylic oxidation sites excluding steroid dienone is 7. The number of carbonyl (C=O) groups is 2. The molecule has 15 nitrogen and oxygen atoms in total. The van der Waals surface area contributed by atoms with Crippen LogP contribution in [0.5, 0.6) is 40.2 Å². The first-order valence-corrected chi connectivity index (χ1v) is 47.8. The fourth-order valence-electron chi connectivity index (χ4n) is 11.3. The van der Waals surface area contributed by atoms with Crippen molar-refractivity contribution in [1.29, 1.82) is 0 Å². The molecule has 0 amide bonds. The first-order valence-electron chi connectivity index (χ1n) is 47.8. The van der Waals surface area contributed by atoms with Crippen molar-refractivity contribution in [3.05, 3.63) is 282 Å². The van der Waals surface area contributed by atoms with Gasteiger partial charge in [-0.3, -0.25) is 0 Å². The largest absolute Gasteiger partial charge is 0.513 e. The van der Waals surface area contributed by atoms with Gasteiger partial charge < -0.3 is 62.7 Å². The number of rotatable bonds is 40. The highest BCUT2D eigenvalue weighted by molar-refractivity contribution is 5.74. The van der Waals surface area contributed by atoms with E-state index in [9.17, 15) is 9.59 Å². The van der Waals surface area contributed by atoms with Crippen molar-refractivity contribution < 1.29 is 72.3 Å². The highest BCUT2D eigenvalue weighted by atomic mass is 16.7. The highest BCUT2D eigenvalue weighted by Gasteiger charge is 2.23. The normalized spacial score (nSPS) is 13.3. The zero-order valence-electron chi connectivity index (χ0n) is 86.3. The Morgan fingerprint density at radius 3 is 0.866 bits per heavy atom. The molecule has 0 bridgehead atoms. The summed E-state index contributed by atoms with van der Waals surface area (Å²) in [6.45, 7) is 80.1. The molecule has 15 heteroatoms. The van der Waals surface area contributed by atoms with Crippen molar-refractivity contribution in [1.82, 2.24) is 0 Å². The zero-order valence-corrected chi connectivity index (χ0v) is 86.3. The van der Waals surface area contributed by atoms with Gasteiger partial charge in [-0.15, -0.1) is 0 Å². The van der Waals surface area contributed by atoms with Crippen LogP contribution in [0.1, 0.15) is 382 Å². The Hall–Kier alpha value is -9.80. The Bertz CT molecular complexity index is 4020. The molecule has 134 heavy (non-hydrogen) atoms. The first kappa shape index (κ1) is 135. The van der Waals surface area contributed by atoms with Crippen molar-refractivity contribution >= 4 is 12.1 Å². The van der Waals surface area contributed by atoms with E-state index in [1.54, 1.807) is 61.5 Å². The molecule has 0 spiro atoms. The predicted octanol–water partition coefficient (Wildman–Crippen LogP) is 35.6. The van der Waals surface area contributed by atoms with Gasteiger partial charge in [0.15, 0.2) is 25.0 Å². The van der Waals surface area contributed by atoms with Crippen LogP contribution >= 0.6 is 0 Å². The summed E-state index contributed by atoms with van der Waals surface area (Å²) in [5, 5.41) is 27.0. The van der Waals surface area contributed by atoms with Gasteiger partial charge in [0.25, 0.3) is 0 Å². The summed E-state index contributed by atoms with van der Waals surface area (Å²) in [7, 11) is 1.29. The Labute approximate surface area is 820 Å². The lowest BCUT2D eigenvalue weighted by molar-refractivity contribution is -0.164. The molecule has 3 N–H and O–H groups in total. The van der Waals surface area contributed by atoms with Crippen molar-refractivity contribution in [3.63, 3.8) is 0 Å². The van der Waals surface area contributed by atoms with Gasteiger partial charge in [0.05, 0.1) is 13.7 Å². The lowest BCUT2D eigenvalue weighted by atomic mass is 9.99. The summed E-state index contributed by atoms with van der Waals surface area (Å²) >= 11 is 0. The number of hydrogen-bond acceptors (Lipinski definition) is 15. The molecular weight excluding hydrogens is 1670 g/mol. The molecule has 0 aliphatic rings. The summed E-state index contributed by atoms with van der Waals surface area (Å²) in [6.07, 6.45) is 16.9. The molecule has 0 aliphatic heterocycles. The van der Waals surface area contributed by atoms with E-state index in [2.05, 4.69) is 219 Å². The number of carbonyl (C=O) groups excluding carboxylic acids is 2. The number of phenols is 3. The van der Waals surface area contributed by atoms with E-state index in [-0.39, 0.29) is 48.6 Å². The fourth-order valence-corrected chi connectivity index (χ4v) is 11.3. The van der Waals surface area contributed by atoms with Crippen LogP contribution in [-0.4, -0.2) is 84.9 Å². The van der Waals surface area contributed by atoms with Crippen LogP contribution in [-0.2, 0) is 33.2 Å². The maximum Gasteiger partial charge on any atom is 0.513 e. The summed E-state index contributed by atoms with van der Waals surface area (Å²) in [6, 6.07) is 54.7. The summed E-state index contributed by atoms with van der Waals surface area (Å²) in [5.74, 6) is 9.87. The average Bonchev–Trinajstić information content (AvgIpc) is 0.865. The number of phenolic OH excluding ortho intramolecular Hbond substituents is 3. The van der Waals surface area contributed by atoms with Gasteiger partial charge in [-0.25, -0.2) is 9.59 Å². The second-order valence-electron chi connectivity index (χ2n) is 34.8. The lowest BCUT2D eigenvalue weighted by Crippen LogP contribution is -2.31. The minimum Gasteiger partial charge on any atom is -0.508 e. The first-order chi connectivity index (χ1) is 61.4. The van der Waals surface area contributed by atoms with Crippen molar-refractivity contribution in [3.8, 4) is 40.2 Å². The number of benzene rings is 7. The van der Waals surface area contributed by atoms with Gasteiger partial charge in [-0.05, 0) is 309 Å². The molecule has 758 valence electrons. The Morgan fingerprint density at radius 1 is 0.351 bits per heavy atom. The number of esters is 1. The minimum absolute atomic E-state index is 0. The third-order valence-electron chi connectivity index (χ3n) is 22.1. The predicted molar refractivity (Wildman–Crippen MR) is 576 cm³/mol. The third kappa shape index (κ3) is 63.4. The van der Waals surface area contributed by atoms with Crippen molar-refractivity contribution in [2.45, 2.75) is 374 Å². The number of aromatic hydroxyl groups is 3. The summed E-state index contributed by atoms with van der Waals surface area (Å²) < 4.78 is 53.4. The quantitative estimate of drug-likeness (QED) is 0.0108. The standard InChI is InChI=1S/C17H28O3.C16H26O2.C15H24O2.C14H22O2.C12H16O3.C11H18.3C10H14O.4CH4/c1-9-12(2)13(3)10-11-14(4)19-15(5)16(18)20-17(6,7)8;1-6-13(4)15-7-9-16(10-8-15)18-14(5)17-11-12(2)3;1-5-12(4)13-8-10-14(11-9-13)17-15(6-2)16-7-3;1-5-11(3)13-7-9-14(10-8-13)16-12(4)15-6-2;1-4-9(2)10-5-7-11(8-6-10)15-12(13)14-3;1-6-10(4)11(5)8-7-9(2)3;3*1-3-8(2)9-4-6-10(11)7-5-9;;;;/h10-12,15H,3-4,9H2,1-2,5-8H3;7-10,12-14H,6,11H2,1-5H3;8-12,15H,5-7H2,1-4H3;7-12H,5-6H2,1-4H3;5-9H,4H2,1-3H3;7-8,10H,2,5-6H2,1,3-4H3;3*4-8,11H,3H2,1-2H3;4*1H4. The maximum atomic E-state index is 11.8. The van der Waals surface area contributed by atoms with Crippen LogP contribution in [0, 0.1) is 17.8 Å². The van der Waals surface area contributed by atoms with Crippen molar-refractivity contribution in [2.24, 2.45) is 17.8 Å². The van der Waals surface area contributed by atoms with E-state index in [0.29, 0.717) is 101 Å². The van der Waals surface area contributed by atoms with Crippen molar-refractivity contribution in [2.75, 3.05) is 26.9 Å². The second-order valence-corrected chi connectivity index (χ2v) is 34.8. The molecule has 0 aliphatic carbocycles. The Morgan fingerprint density at radius 2 is 0.619 bits per heavy atom. The number of methoxy groups -OCH3 is 1. The van der Waals surface area contributed by atoms with E-state index < -0.39 is 23.8 Å². The molecule has 7 aromatic rings. The SMILES string of the molecule is C.C.C.C.C=C(C)C=CC(=C)C(C)CC.C=C(C=CC(=C)C(C)CC)OC(C)C(=O)OC(C)(C)C.CCC(C)c1ccc(O)cc1.CCC(C)c1ccc(O)cc1.CCC(C)c1ccc(O)cc1.CCC(C)c1ccc(OC(=O)OC)cc1.CCC(C)c1ccc(OC(C)OCC(C)C)cc1.CCOC(C)Oc1ccc(C(C)CC)cc1.CCOC(CC)Oc1ccc(C(C)CC)cc1. The molecule has 13 atom stereocenters. The third-order valence-corrected chi connectivity index (χ3v) is 22.1. The van der Waals surface area contributed by atoms with Gasteiger partial charge in [-0.1, -0.05) is 321 Å². The van der Waals surface area contributed by atoms with Gasteiger partial charge in [0.1, 0.15) is 51.6 Å². The maximum absolute atomic E-state index is 11.8. The monoisotopic (exact) mass is 1860 g/mol. The molecule has 0 radical (unpaired) electrons. The molecule has 7 rings (SSSR count). The zero-order chi connectivity index (χ0) is 99.0. The van der Waals surface area contributed by atoms with E-state index >= 15 is 0 Å². The minimum atomic E-state index is -0.689. The van der Waals surface area contributed by atoms with Crippen LogP contribution in [0.15, 0.2) is 243 Å². The molecule has 0 saturated heterocycles. The van der Waals surface area contributed by atoms with Gasteiger partial charge in [-0.2, -0.15) is 0 Å². The van der Waals surface area contributed by atoms with Crippen LogP contribution in [0.3, 0.4) is 0 Å². The van der Waals surface area contributed by atoms with Gasteiger partial charge in [0, 0.05) is 19.6 Å². The van der Waals surface area contributed by atoms with E-state index in [1.165, 1.54) is 51.6 Å². The smallest absolute Gasteiger partial charge is 0.508 e. The molecule has 0 saturated carbocycles. The van der Waals surface area contributed by atoms with Gasteiger partial charge >= 0.3 is 12.1 Å². The van der Waals surface area contributed by atoms with E-state index in [0.717, 1.165) is 99.2 Å². The average molecular weight is 1860 g/mol. The fraction of sp³-hybridized carbons (Fsp3) is 0.529. The van der Waals surface area contributed by atoms with Gasteiger partial charge in [0.2, 0.25) is 0 Å². The van der Waals surface area contributed by atoms with Crippen LogP contribution in [0.2, 0.25) is 0 Å². The Balaban J connectivity index is -0.000000345. The highest BCUT2D eigenvalue weighted by Crippen LogP contribution is 2.29. The molecule has 13 unspecified atom stereocenters. The molecule has 0 heterocycles. The Kier molecular flexibility index (Phi) is 78.9. The van der Waals surface area contributed by atoms with E-state index in [1.807, 2.05) is 152 Å². The molecule has 7 aromatic carbocycles. The molecule has 0 aromatic heterocycles. The summed E-state index contributed by atoms with van der Waals surface area (Å²) in [5.41, 5.74) is 12.0. The second kappa shape index (κ2) is 78.4. The summed E-state index contributed by atoms with van der Waals surface area (Å²) in [4.78, 5) is 22.6. The van der Waals surface area contributed by atoms with E-state index in [4.69, 9.17) is 58.0 Å². The topological polar surface area (TPSA) is 187 Å². The lowest BCUT2D eigenvalue weighted by Gasteiger charge is -2.22. The molecular formula is C119H192O15. The van der Waals surface area contributed by atoms with Crippen LogP contribution in [0.25, 0.3) is 0 Å². The number of hydrogen-bond donors (Lipinski definition) is 3.